The molecule has 54 heavy (non-hydrogen) atoms. The van der Waals surface area contributed by atoms with Crippen LogP contribution in [-0.4, -0.2) is 124 Å². The summed E-state index contributed by atoms with van der Waals surface area (Å²) in [5.41, 5.74) is -2.63. The van der Waals surface area contributed by atoms with Crippen LogP contribution in [0.25, 0.3) is 0 Å². The number of ketones is 2. The number of thioether (sulfide) groups is 1. The Morgan fingerprint density at radius 2 is 1.74 bits per heavy atom. The van der Waals surface area contributed by atoms with Crippen LogP contribution in [0, 0.1) is 29.6 Å². The maximum atomic E-state index is 14.7. The second kappa shape index (κ2) is 18.0. The third-order valence-corrected chi connectivity index (χ3v) is 13.0. The number of methoxy groups -OCH3 is 1. The van der Waals surface area contributed by atoms with Gasteiger partial charge in [0.15, 0.2) is 23.8 Å². The van der Waals surface area contributed by atoms with Crippen molar-refractivity contribution in [2.45, 2.75) is 141 Å². The third kappa shape index (κ3) is 9.22. The summed E-state index contributed by atoms with van der Waals surface area (Å²) in [6.07, 6.45) is 1.95. The number of nitrogens with zero attached hydrogens (tertiary/aromatic N) is 3. The fourth-order valence-corrected chi connectivity index (χ4v) is 10.2. The number of aromatic nitrogens is 2. The number of fused-ring (bicyclic) bond motifs is 1. The van der Waals surface area contributed by atoms with Crippen molar-refractivity contribution in [2.24, 2.45) is 29.6 Å². The summed E-state index contributed by atoms with van der Waals surface area (Å²) >= 11 is 1.40. The Morgan fingerprint density at radius 3 is 2.31 bits per heavy atom. The Morgan fingerprint density at radius 1 is 1.06 bits per heavy atom. The zero-order valence-corrected chi connectivity index (χ0v) is 34.8. The molecule has 3 aliphatic heterocycles. The van der Waals surface area contributed by atoms with Crippen LogP contribution in [0.1, 0.15) is 81.6 Å². The van der Waals surface area contributed by atoms with E-state index in [-0.39, 0.29) is 30.8 Å². The van der Waals surface area contributed by atoms with Crippen LogP contribution in [0.15, 0.2) is 18.7 Å². The Balaban J connectivity index is 1.77. The summed E-state index contributed by atoms with van der Waals surface area (Å²) in [6, 6.07) is -0.265. The standard InChI is InChI=1S/C39H61N3O11S/c1-13-28-39(9)29(33(36(47)53-39)54-17-16-42-15-14-40-20-42)23(4)30(44)21(2)19-38(8,48-12)34(24(5)31(45)25(6)35(46)51-28)52-37-32(50-26(7)43)27(41(10)11)18-22(3)49-37/h14-15,20-25,27-29,32-34,37H,13,16-19H2,1-12H3/t21-,22-,23-,24+,25-,27+,28-,29+,32-,33+,34-,37+,38-,39-/m1/s1. The Bertz CT molecular complexity index is 1490. The van der Waals surface area contributed by atoms with Gasteiger partial charge in [-0.15, -0.1) is 11.8 Å². The molecule has 3 saturated heterocycles. The first-order valence-corrected chi connectivity index (χ1v) is 20.1. The second-order valence-corrected chi connectivity index (χ2v) is 17.2. The van der Waals surface area contributed by atoms with Crippen LogP contribution in [-0.2, 0) is 58.9 Å². The molecule has 0 radical (unpaired) electrons. The minimum atomic E-state index is -1.35. The molecule has 0 aromatic carbocycles. The number of imidazole rings is 1. The van der Waals surface area contributed by atoms with E-state index in [1.807, 2.05) is 57.5 Å². The van der Waals surface area contributed by atoms with Gasteiger partial charge in [0.2, 0.25) is 0 Å². The summed E-state index contributed by atoms with van der Waals surface area (Å²) in [5.74, 6) is -6.03. The molecule has 15 heteroatoms. The van der Waals surface area contributed by atoms with Crippen LogP contribution in [0.5, 0.6) is 0 Å². The topological polar surface area (TPSA) is 162 Å². The fourth-order valence-electron chi connectivity index (χ4n) is 8.75. The van der Waals surface area contributed by atoms with Gasteiger partial charge in [-0.05, 0) is 61.1 Å². The van der Waals surface area contributed by atoms with Gasteiger partial charge in [0, 0.05) is 62.4 Å². The number of hydrogen-bond acceptors (Lipinski definition) is 14. The van der Waals surface area contributed by atoms with Crippen LogP contribution in [0.3, 0.4) is 0 Å². The highest BCUT2D eigenvalue weighted by Crippen LogP contribution is 2.49. The van der Waals surface area contributed by atoms with Crippen molar-refractivity contribution in [3.05, 3.63) is 18.7 Å². The zero-order valence-electron chi connectivity index (χ0n) is 33.9. The Labute approximate surface area is 324 Å². The molecule has 0 N–H and O–H groups in total. The summed E-state index contributed by atoms with van der Waals surface area (Å²) in [6.45, 7) is 15.9. The molecule has 0 spiro atoms. The highest BCUT2D eigenvalue weighted by atomic mass is 32.2. The lowest BCUT2D eigenvalue weighted by Crippen LogP contribution is -2.60. The summed E-state index contributed by atoms with van der Waals surface area (Å²) in [5, 5.41) is -0.720. The van der Waals surface area contributed by atoms with Crippen LogP contribution in [0.2, 0.25) is 0 Å². The quantitative estimate of drug-likeness (QED) is 0.190. The van der Waals surface area contributed by atoms with Crippen LogP contribution >= 0.6 is 11.8 Å². The lowest BCUT2D eigenvalue weighted by atomic mass is 9.70. The first kappa shape index (κ1) is 43.9. The molecule has 0 bridgehead atoms. The SMILES string of the molecule is CC[C@H]1OC(=O)[C@H](C)C(=O)[C@H](C)[C@@H](O[C@@H]2O[C@H](C)C[C@H](N(C)C)[C@H]2OC(C)=O)[C@](C)(OC)C[C@@H](C)C(=O)[C@H](C)[C@H]2[C@H](SCCn3ccnc3)C(=O)O[C@@]21C. The highest BCUT2D eigenvalue weighted by molar-refractivity contribution is 8.00. The zero-order chi connectivity index (χ0) is 40.3. The monoisotopic (exact) mass is 779 g/mol. The molecule has 0 saturated carbocycles. The number of cyclic esters (lactones) is 1. The van der Waals surface area contributed by atoms with Gasteiger partial charge in [0.05, 0.1) is 30.2 Å². The number of ether oxygens (including phenoxy) is 6. The summed E-state index contributed by atoms with van der Waals surface area (Å²) in [4.78, 5) is 75.1. The number of likely N-dealkylation sites (N-methyl/N-ethyl adjacent to an activating group) is 1. The van der Waals surface area contributed by atoms with Crippen molar-refractivity contribution >= 4 is 41.2 Å². The minimum Gasteiger partial charge on any atom is -0.458 e. The predicted molar refractivity (Wildman–Crippen MR) is 200 cm³/mol. The van der Waals surface area contributed by atoms with E-state index in [0.29, 0.717) is 18.7 Å². The van der Waals surface area contributed by atoms with Crippen molar-refractivity contribution < 1.29 is 52.4 Å². The first-order valence-electron chi connectivity index (χ1n) is 19.1. The number of aryl methyl sites for hydroxylation is 1. The van der Waals surface area contributed by atoms with Gasteiger partial charge in [-0.1, -0.05) is 27.7 Å². The van der Waals surface area contributed by atoms with Gasteiger partial charge in [-0.3, -0.25) is 24.0 Å². The Hall–Kier alpha value is -2.85. The van der Waals surface area contributed by atoms with E-state index in [1.165, 1.54) is 32.7 Å². The number of carbonyl (C=O) groups is 5. The molecule has 3 fully saturated rings. The van der Waals surface area contributed by atoms with Crippen molar-refractivity contribution in [1.29, 1.82) is 0 Å². The molecule has 0 amide bonds. The van der Waals surface area contributed by atoms with Gasteiger partial charge in [-0.2, -0.15) is 0 Å². The second-order valence-electron chi connectivity index (χ2n) is 16.0. The van der Waals surface area contributed by atoms with Crippen LogP contribution < -0.4 is 0 Å². The molecule has 304 valence electrons. The van der Waals surface area contributed by atoms with E-state index >= 15 is 0 Å². The first-order chi connectivity index (χ1) is 25.3. The average molecular weight is 780 g/mol. The number of hydrogen-bond donors (Lipinski definition) is 0. The van der Waals surface area contributed by atoms with Gasteiger partial charge in [0.25, 0.3) is 0 Å². The molecular formula is C39H61N3O11S. The van der Waals surface area contributed by atoms with Gasteiger partial charge >= 0.3 is 17.9 Å². The molecule has 1 aromatic rings. The van der Waals surface area contributed by atoms with Crippen molar-refractivity contribution in [3.8, 4) is 0 Å². The fraction of sp³-hybridized carbons (Fsp3) is 0.795. The Kier molecular flexibility index (Phi) is 14.6. The van der Waals surface area contributed by atoms with Gasteiger partial charge in [-0.25, -0.2) is 4.98 Å². The average Bonchev–Trinajstić information content (AvgIpc) is 3.73. The van der Waals surface area contributed by atoms with E-state index in [9.17, 15) is 24.0 Å². The lowest BCUT2D eigenvalue weighted by Gasteiger charge is -2.47. The van der Waals surface area contributed by atoms with Crippen molar-refractivity contribution in [2.75, 3.05) is 27.0 Å². The molecule has 4 heterocycles. The maximum Gasteiger partial charge on any atom is 0.320 e. The molecule has 3 aliphatic rings. The van der Waals surface area contributed by atoms with E-state index in [2.05, 4.69) is 4.98 Å². The van der Waals surface area contributed by atoms with E-state index < -0.39 is 94.3 Å². The molecular weight excluding hydrogens is 719 g/mol. The molecule has 1 aromatic heterocycles. The highest BCUT2D eigenvalue weighted by Gasteiger charge is 2.61. The largest absolute Gasteiger partial charge is 0.458 e. The van der Waals surface area contributed by atoms with E-state index in [1.54, 1.807) is 33.3 Å². The van der Waals surface area contributed by atoms with E-state index in [4.69, 9.17) is 28.4 Å². The summed E-state index contributed by atoms with van der Waals surface area (Å²) < 4.78 is 39.2. The van der Waals surface area contributed by atoms with Gasteiger partial charge in [0.1, 0.15) is 23.1 Å². The molecule has 4 rings (SSSR count). The molecule has 14 nitrogen and oxygen atoms in total. The molecule has 14 atom stereocenters. The van der Waals surface area contributed by atoms with Crippen molar-refractivity contribution in [3.63, 3.8) is 0 Å². The van der Waals surface area contributed by atoms with Gasteiger partial charge < -0.3 is 37.9 Å². The number of rotatable bonds is 10. The normalized spacial score (nSPS) is 39.8. The molecule has 0 unspecified atom stereocenters. The predicted octanol–water partition coefficient (Wildman–Crippen LogP) is 4.11. The number of Topliss-reactive ketones (excluding diaryl/α,β-unsaturated/α-hetero) is 2. The summed E-state index contributed by atoms with van der Waals surface area (Å²) in [7, 11) is 5.25. The van der Waals surface area contributed by atoms with Crippen LogP contribution in [0.4, 0.5) is 0 Å². The van der Waals surface area contributed by atoms with E-state index in [0.717, 1.165) is 0 Å². The molecule has 0 aliphatic carbocycles. The third-order valence-electron chi connectivity index (χ3n) is 11.8. The number of carbonyl (C=O) groups excluding carboxylic acids is 5. The lowest BCUT2D eigenvalue weighted by molar-refractivity contribution is -0.298. The minimum absolute atomic E-state index is 0.124. The number of esters is 3. The smallest absolute Gasteiger partial charge is 0.320 e. The van der Waals surface area contributed by atoms with Crippen molar-refractivity contribution in [1.82, 2.24) is 14.5 Å². The maximum absolute atomic E-state index is 14.7.